The smallest absolute Gasteiger partial charge is 0.278 e. The number of nitrogens with one attached hydrogen (secondary N) is 2. The second-order valence-corrected chi connectivity index (χ2v) is 7.00. The Morgan fingerprint density at radius 2 is 1.38 bits per heavy atom. The highest BCUT2D eigenvalue weighted by molar-refractivity contribution is 5.70. The van der Waals surface area contributed by atoms with Crippen molar-refractivity contribution >= 4 is 17.1 Å². The molecule has 0 atom stereocenters. The lowest BCUT2D eigenvalue weighted by molar-refractivity contribution is -0.00335. The summed E-state index contributed by atoms with van der Waals surface area (Å²) in [5, 5.41) is 0. The molecule has 0 unspecified atom stereocenters. The lowest BCUT2D eigenvalue weighted by atomic mass is 10.1. The fourth-order valence-corrected chi connectivity index (χ4v) is 2.94. The van der Waals surface area contributed by atoms with Gasteiger partial charge in [-0.15, -0.1) is 0 Å². The molecule has 0 aliphatic heterocycles. The first-order chi connectivity index (χ1) is 15.7. The van der Waals surface area contributed by atoms with E-state index in [-0.39, 0.29) is 11.5 Å². The number of fused-ring (bicyclic) bond motifs is 1. The molecule has 0 saturated heterocycles. The number of benzene rings is 1. The monoisotopic (exact) mass is 446 g/mol. The van der Waals surface area contributed by atoms with Crippen molar-refractivity contribution in [2.24, 2.45) is 5.73 Å². The molecular formula is C21H30N6O5. The normalized spacial score (nSPS) is 11.4. The molecule has 2 heterocycles. The van der Waals surface area contributed by atoms with Crippen LogP contribution in [0.3, 0.4) is 0 Å². The van der Waals surface area contributed by atoms with Crippen molar-refractivity contribution < 1.29 is 18.9 Å². The van der Waals surface area contributed by atoms with Crippen LogP contribution in [0.25, 0.3) is 11.2 Å². The lowest BCUT2D eigenvalue weighted by Crippen LogP contribution is -2.14. The van der Waals surface area contributed by atoms with Crippen LogP contribution in [0.2, 0.25) is 0 Å². The summed E-state index contributed by atoms with van der Waals surface area (Å²) < 4.78 is 21.7. The van der Waals surface area contributed by atoms with Crippen LogP contribution in [-0.2, 0) is 32.0 Å². The largest absolute Gasteiger partial charge is 0.378 e. The van der Waals surface area contributed by atoms with Crippen molar-refractivity contribution in [3.8, 4) is 0 Å². The Hall–Kier alpha value is -2.83. The molecular weight excluding hydrogens is 416 g/mol. The topological polar surface area (TPSA) is 163 Å². The van der Waals surface area contributed by atoms with Gasteiger partial charge in [0.2, 0.25) is 5.95 Å². The van der Waals surface area contributed by atoms with Crippen molar-refractivity contribution in [1.82, 2.24) is 19.9 Å². The van der Waals surface area contributed by atoms with Gasteiger partial charge >= 0.3 is 0 Å². The minimum Gasteiger partial charge on any atom is -0.378 e. The zero-order valence-electron chi connectivity index (χ0n) is 18.0. The molecule has 0 aliphatic carbocycles. The fraction of sp³-hybridized carbons (Fsp3) is 0.476. The van der Waals surface area contributed by atoms with Crippen molar-refractivity contribution in [2.75, 3.05) is 58.5 Å². The first kappa shape index (κ1) is 23.8. The second-order valence-electron chi connectivity index (χ2n) is 7.00. The third-order valence-corrected chi connectivity index (χ3v) is 4.47. The Morgan fingerprint density at radius 1 is 0.781 bits per heavy atom. The van der Waals surface area contributed by atoms with Crippen molar-refractivity contribution in [3.63, 3.8) is 0 Å². The zero-order chi connectivity index (χ0) is 22.6. The summed E-state index contributed by atoms with van der Waals surface area (Å²) in [5.74, 6) is 0.699. The number of nitrogen functional groups attached to an aromatic ring is 1. The Labute approximate surface area is 185 Å². The number of nitrogens with zero attached hydrogens (tertiary/aromatic N) is 2. The molecule has 0 aliphatic rings. The van der Waals surface area contributed by atoms with Gasteiger partial charge in [-0.1, -0.05) is 24.3 Å². The minimum atomic E-state index is -0.330. The highest BCUT2D eigenvalue weighted by atomic mass is 16.6. The molecule has 3 aromatic rings. The SMILES string of the molecule is NCCOCCOCCOCCOCc1ccc(Cc2nc3nc(N)[nH]c(=O)c3[nH]2)cc1. The number of aromatic amines is 2. The highest BCUT2D eigenvalue weighted by Gasteiger charge is 2.09. The number of imidazole rings is 1. The predicted molar refractivity (Wildman–Crippen MR) is 119 cm³/mol. The number of ether oxygens (including phenoxy) is 4. The number of nitrogens with two attached hydrogens (primary N) is 2. The average Bonchev–Trinajstić information content (AvgIpc) is 3.18. The van der Waals surface area contributed by atoms with Crippen LogP contribution >= 0.6 is 0 Å². The van der Waals surface area contributed by atoms with Crippen molar-refractivity contribution in [2.45, 2.75) is 13.0 Å². The van der Waals surface area contributed by atoms with Crippen LogP contribution in [0.1, 0.15) is 17.0 Å². The number of H-pyrrole nitrogens is 2. The van der Waals surface area contributed by atoms with E-state index < -0.39 is 0 Å². The molecule has 1 aromatic carbocycles. The number of aromatic nitrogens is 4. The number of anilines is 1. The number of hydrogen-bond acceptors (Lipinski definition) is 9. The predicted octanol–water partition coefficient (Wildman–Crippen LogP) is 0.344. The maximum Gasteiger partial charge on any atom is 0.278 e. The third-order valence-electron chi connectivity index (χ3n) is 4.47. The molecule has 32 heavy (non-hydrogen) atoms. The van der Waals surface area contributed by atoms with E-state index >= 15 is 0 Å². The number of hydrogen-bond donors (Lipinski definition) is 4. The van der Waals surface area contributed by atoms with Crippen molar-refractivity contribution in [3.05, 3.63) is 51.6 Å². The summed E-state index contributed by atoms with van der Waals surface area (Å²) in [5.41, 5.74) is 13.3. The fourth-order valence-electron chi connectivity index (χ4n) is 2.94. The van der Waals surface area contributed by atoms with E-state index in [1.54, 1.807) is 0 Å². The lowest BCUT2D eigenvalue weighted by Gasteiger charge is -2.08. The molecule has 0 saturated carbocycles. The van der Waals surface area contributed by atoms with Crippen LogP contribution in [0.4, 0.5) is 5.95 Å². The van der Waals surface area contributed by atoms with Crippen LogP contribution < -0.4 is 17.0 Å². The molecule has 2 aromatic heterocycles. The Morgan fingerprint density at radius 3 is 2.03 bits per heavy atom. The molecule has 174 valence electrons. The Balaban J connectivity index is 1.30. The molecule has 0 spiro atoms. The summed E-state index contributed by atoms with van der Waals surface area (Å²) in [6.45, 7) is 4.72. The van der Waals surface area contributed by atoms with Gasteiger partial charge in [-0.3, -0.25) is 9.78 Å². The summed E-state index contributed by atoms with van der Waals surface area (Å²) in [7, 11) is 0. The minimum absolute atomic E-state index is 0.0489. The van der Waals surface area contributed by atoms with E-state index in [0.29, 0.717) is 82.8 Å². The van der Waals surface area contributed by atoms with Gasteiger partial charge in [0.25, 0.3) is 5.56 Å². The Kier molecular flexibility index (Phi) is 9.60. The van der Waals surface area contributed by atoms with E-state index in [2.05, 4.69) is 19.9 Å². The summed E-state index contributed by atoms with van der Waals surface area (Å²) in [6.07, 6.45) is 0.548. The maximum atomic E-state index is 11.9. The van der Waals surface area contributed by atoms with Gasteiger partial charge in [0, 0.05) is 13.0 Å². The molecule has 6 N–H and O–H groups in total. The molecule has 11 nitrogen and oxygen atoms in total. The van der Waals surface area contributed by atoms with Gasteiger partial charge in [0.1, 0.15) is 5.82 Å². The van der Waals surface area contributed by atoms with Gasteiger partial charge in [0.15, 0.2) is 11.2 Å². The van der Waals surface area contributed by atoms with Gasteiger partial charge in [-0.2, -0.15) is 4.98 Å². The zero-order valence-corrected chi connectivity index (χ0v) is 18.0. The first-order valence-electron chi connectivity index (χ1n) is 10.5. The second kappa shape index (κ2) is 12.9. The molecule has 0 fully saturated rings. The summed E-state index contributed by atoms with van der Waals surface area (Å²) in [4.78, 5) is 25.7. The average molecular weight is 447 g/mol. The highest BCUT2D eigenvalue weighted by Crippen LogP contribution is 2.12. The van der Waals surface area contributed by atoms with Gasteiger partial charge in [-0.25, -0.2) is 4.98 Å². The van der Waals surface area contributed by atoms with Crippen LogP contribution in [-0.4, -0.2) is 72.7 Å². The molecule has 0 amide bonds. The summed E-state index contributed by atoms with van der Waals surface area (Å²) in [6, 6.07) is 8.01. The van der Waals surface area contributed by atoms with E-state index in [0.717, 1.165) is 11.1 Å². The van der Waals surface area contributed by atoms with Crippen LogP contribution in [0.5, 0.6) is 0 Å². The maximum absolute atomic E-state index is 11.9. The quantitative estimate of drug-likeness (QED) is 0.241. The van der Waals surface area contributed by atoms with E-state index in [9.17, 15) is 4.79 Å². The molecule has 0 radical (unpaired) electrons. The summed E-state index contributed by atoms with van der Waals surface area (Å²) >= 11 is 0. The molecule has 11 heteroatoms. The standard InChI is InChI=1S/C21H30N6O5/c22-5-6-29-7-8-30-9-10-31-11-12-32-14-16-3-1-15(2-4-16)13-17-24-18-19(25-17)26-21(23)27-20(18)28/h1-4H,5-14,22H2,(H4,23,24,25,26,27,28). The third kappa shape index (κ3) is 7.70. The molecule has 3 rings (SSSR count). The first-order valence-corrected chi connectivity index (χ1v) is 10.5. The number of rotatable bonds is 15. The van der Waals surface area contributed by atoms with Gasteiger partial charge < -0.3 is 35.4 Å². The van der Waals surface area contributed by atoms with Crippen LogP contribution in [0.15, 0.2) is 29.1 Å². The van der Waals surface area contributed by atoms with E-state index in [1.807, 2.05) is 24.3 Å². The Bertz CT molecular complexity index is 1000. The molecule has 0 bridgehead atoms. The van der Waals surface area contributed by atoms with E-state index in [1.165, 1.54) is 0 Å². The van der Waals surface area contributed by atoms with E-state index in [4.69, 9.17) is 30.4 Å². The van der Waals surface area contributed by atoms with Crippen molar-refractivity contribution in [1.29, 1.82) is 0 Å². The van der Waals surface area contributed by atoms with Gasteiger partial charge in [0.05, 0.1) is 52.9 Å². The van der Waals surface area contributed by atoms with Crippen LogP contribution in [0, 0.1) is 0 Å². The van der Waals surface area contributed by atoms with Gasteiger partial charge in [-0.05, 0) is 11.1 Å².